The predicted octanol–water partition coefficient (Wildman–Crippen LogP) is 3.78. The van der Waals surface area contributed by atoms with Crippen LogP contribution < -0.4 is 4.18 Å². The zero-order valence-electron chi connectivity index (χ0n) is 19.1. The first-order valence-electron chi connectivity index (χ1n) is 11.6. The minimum absolute atomic E-state index is 0.410. The molecule has 1 fully saturated rings. The summed E-state index contributed by atoms with van der Waals surface area (Å²) in [5.74, 6) is 3.19. The first-order chi connectivity index (χ1) is 15.4. The number of aromatic nitrogens is 3. The van der Waals surface area contributed by atoms with Crippen molar-refractivity contribution in [1.82, 2.24) is 19.7 Å². The molecule has 2 aromatic rings. The van der Waals surface area contributed by atoms with Crippen molar-refractivity contribution < 1.29 is 12.6 Å². The Morgan fingerprint density at radius 3 is 2.59 bits per heavy atom. The highest BCUT2D eigenvalue weighted by atomic mass is 32.2. The monoisotopic (exact) mass is 478 g/mol. The number of hydrogen-bond acceptors (Lipinski definition) is 7. The van der Waals surface area contributed by atoms with Crippen LogP contribution in [0.4, 0.5) is 0 Å². The standard InChI is InChI=1S/C23H34N4O3S2/c1-26-22(19-7-4-3-5-8-19)24-25-23(26)31-16-6-13-27-14-11-18-9-10-21(30-32(2,28)29)17-20(18)12-15-27/h9-10,17,19H,3-8,11-16H2,1-2H3. The molecule has 1 aromatic carbocycles. The summed E-state index contributed by atoms with van der Waals surface area (Å²) < 4.78 is 30.1. The molecule has 1 aliphatic carbocycles. The van der Waals surface area contributed by atoms with Gasteiger partial charge in [-0.1, -0.05) is 37.1 Å². The smallest absolute Gasteiger partial charge is 0.306 e. The molecule has 2 aliphatic rings. The largest absolute Gasteiger partial charge is 0.383 e. The number of fused-ring (bicyclic) bond motifs is 1. The lowest BCUT2D eigenvalue weighted by Gasteiger charge is -2.20. The Kier molecular flexibility index (Phi) is 7.78. The van der Waals surface area contributed by atoms with Gasteiger partial charge in [-0.25, -0.2) is 0 Å². The fourth-order valence-electron chi connectivity index (χ4n) is 4.82. The maximum absolute atomic E-state index is 11.4. The number of benzene rings is 1. The third kappa shape index (κ3) is 6.26. The van der Waals surface area contributed by atoms with Gasteiger partial charge in [-0.3, -0.25) is 0 Å². The molecule has 7 nitrogen and oxygen atoms in total. The second kappa shape index (κ2) is 10.6. The Morgan fingerprint density at radius 1 is 1.09 bits per heavy atom. The normalized spacial score (nSPS) is 18.3. The fraction of sp³-hybridized carbons (Fsp3) is 0.652. The Balaban J connectivity index is 1.23. The summed E-state index contributed by atoms with van der Waals surface area (Å²) in [7, 11) is -1.38. The molecule has 0 saturated heterocycles. The van der Waals surface area contributed by atoms with E-state index >= 15 is 0 Å². The van der Waals surface area contributed by atoms with Gasteiger partial charge in [-0.2, -0.15) is 8.42 Å². The molecular weight excluding hydrogens is 444 g/mol. The van der Waals surface area contributed by atoms with Gasteiger partial charge in [0.15, 0.2) is 5.16 Å². The highest BCUT2D eigenvalue weighted by molar-refractivity contribution is 7.99. The molecule has 1 aromatic heterocycles. The number of thioether (sulfide) groups is 1. The van der Waals surface area contributed by atoms with Crippen LogP contribution in [-0.4, -0.2) is 59.7 Å². The maximum Gasteiger partial charge on any atom is 0.306 e. The van der Waals surface area contributed by atoms with Crippen LogP contribution in [0.2, 0.25) is 0 Å². The van der Waals surface area contributed by atoms with Crippen LogP contribution in [0.25, 0.3) is 0 Å². The van der Waals surface area contributed by atoms with Crippen LogP contribution in [0.5, 0.6) is 5.75 Å². The van der Waals surface area contributed by atoms with Crippen LogP contribution in [0.15, 0.2) is 23.4 Å². The van der Waals surface area contributed by atoms with Crippen molar-refractivity contribution in [3.05, 3.63) is 35.2 Å². The van der Waals surface area contributed by atoms with Crippen LogP contribution in [0.3, 0.4) is 0 Å². The fourth-order valence-corrected chi connectivity index (χ4v) is 6.11. The molecule has 9 heteroatoms. The van der Waals surface area contributed by atoms with Gasteiger partial charge >= 0.3 is 10.1 Å². The first kappa shape index (κ1) is 23.6. The Hall–Kier alpha value is -1.58. The van der Waals surface area contributed by atoms with Gasteiger partial charge in [-0.05, 0) is 61.9 Å². The molecule has 0 radical (unpaired) electrons. The van der Waals surface area contributed by atoms with E-state index in [2.05, 4.69) is 26.7 Å². The van der Waals surface area contributed by atoms with Gasteiger partial charge in [0.1, 0.15) is 11.6 Å². The van der Waals surface area contributed by atoms with E-state index in [4.69, 9.17) is 4.18 Å². The van der Waals surface area contributed by atoms with Crippen molar-refractivity contribution in [3.8, 4) is 5.75 Å². The number of hydrogen-bond donors (Lipinski definition) is 0. The molecule has 176 valence electrons. The molecule has 0 bridgehead atoms. The average molecular weight is 479 g/mol. The highest BCUT2D eigenvalue weighted by Crippen LogP contribution is 2.32. The predicted molar refractivity (Wildman–Crippen MR) is 128 cm³/mol. The van der Waals surface area contributed by atoms with Gasteiger partial charge in [-0.15, -0.1) is 10.2 Å². The summed E-state index contributed by atoms with van der Waals surface area (Å²) >= 11 is 1.81. The molecule has 2 heterocycles. The Labute approximate surface area is 196 Å². The molecule has 0 N–H and O–H groups in total. The van der Waals surface area contributed by atoms with Gasteiger partial charge in [0.05, 0.1) is 6.26 Å². The minimum atomic E-state index is -3.49. The number of rotatable bonds is 8. The van der Waals surface area contributed by atoms with Crippen LogP contribution >= 0.6 is 11.8 Å². The summed E-state index contributed by atoms with van der Waals surface area (Å²) in [6.45, 7) is 3.07. The Morgan fingerprint density at radius 2 is 1.84 bits per heavy atom. The van der Waals surface area contributed by atoms with E-state index in [1.54, 1.807) is 6.07 Å². The van der Waals surface area contributed by atoms with Crippen molar-refractivity contribution in [2.24, 2.45) is 7.05 Å². The zero-order valence-corrected chi connectivity index (χ0v) is 20.8. The van der Waals surface area contributed by atoms with E-state index in [1.165, 1.54) is 43.2 Å². The third-order valence-corrected chi connectivity index (χ3v) is 8.11. The van der Waals surface area contributed by atoms with Crippen molar-refractivity contribution in [1.29, 1.82) is 0 Å². The van der Waals surface area contributed by atoms with Gasteiger partial charge in [0, 0.05) is 31.8 Å². The molecule has 1 aliphatic heterocycles. The molecule has 0 unspecified atom stereocenters. The second-order valence-electron chi connectivity index (χ2n) is 9.00. The van der Waals surface area contributed by atoms with Crippen molar-refractivity contribution in [2.75, 3.05) is 31.6 Å². The third-order valence-electron chi connectivity index (χ3n) is 6.51. The van der Waals surface area contributed by atoms with E-state index < -0.39 is 10.1 Å². The Bertz CT molecular complexity index is 1020. The van der Waals surface area contributed by atoms with Crippen LogP contribution in [-0.2, 0) is 30.0 Å². The SMILES string of the molecule is Cn1c(SCCCN2CCc3ccc(OS(C)(=O)=O)cc3CC2)nnc1C1CCCCC1. The topological polar surface area (TPSA) is 77.3 Å². The summed E-state index contributed by atoms with van der Waals surface area (Å²) in [6.07, 6.45) is 10.6. The molecule has 0 atom stereocenters. The molecule has 0 amide bonds. The van der Waals surface area contributed by atoms with E-state index in [0.29, 0.717) is 11.7 Å². The number of nitrogens with zero attached hydrogens (tertiary/aromatic N) is 4. The van der Waals surface area contributed by atoms with E-state index in [-0.39, 0.29) is 0 Å². The quantitative estimate of drug-likeness (QED) is 0.325. The van der Waals surface area contributed by atoms with Crippen molar-refractivity contribution >= 4 is 21.9 Å². The average Bonchev–Trinajstić information content (AvgIpc) is 3.00. The summed E-state index contributed by atoms with van der Waals surface area (Å²) in [6, 6.07) is 5.65. The lowest BCUT2D eigenvalue weighted by atomic mass is 9.89. The van der Waals surface area contributed by atoms with Gasteiger partial charge in [0.25, 0.3) is 0 Å². The zero-order chi connectivity index (χ0) is 22.6. The molecular formula is C23H34N4O3S2. The van der Waals surface area contributed by atoms with Crippen LogP contribution in [0, 0.1) is 0 Å². The van der Waals surface area contributed by atoms with Crippen molar-refractivity contribution in [2.45, 2.75) is 62.4 Å². The molecule has 0 spiro atoms. The lowest BCUT2D eigenvalue weighted by Crippen LogP contribution is -2.27. The summed E-state index contributed by atoms with van der Waals surface area (Å²) in [5.41, 5.74) is 2.48. The molecule has 1 saturated carbocycles. The molecule has 32 heavy (non-hydrogen) atoms. The van der Waals surface area contributed by atoms with E-state index in [9.17, 15) is 8.42 Å². The summed E-state index contributed by atoms with van der Waals surface area (Å²) in [4.78, 5) is 2.50. The van der Waals surface area contributed by atoms with E-state index in [1.807, 2.05) is 23.9 Å². The van der Waals surface area contributed by atoms with Crippen LogP contribution in [0.1, 0.15) is 61.4 Å². The highest BCUT2D eigenvalue weighted by Gasteiger charge is 2.22. The second-order valence-corrected chi connectivity index (χ2v) is 11.6. The van der Waals surface area contributed by atoms with Gasteiger partial charge in [0.2, 0.25) is 0 Å². The van der Waals surface area contributed by atoms with Crippen molar-refractivity contribution in [3.63, 3.8) is 0 Å². The van der Waals surface area contributed by atoms with E-state index in [0.717, 1.165) is 61.9 Å². The minimum Gasteiger partial charge on any atom is -0.383 e. The molecule has 4 rings (SSSR count). The van der Waals surface area contributed by atoms with Gasteiger partial charge < -0.3 is 13.7 Å². The first-order valence-corrected chi connectivity index (χ1v) is 14.4. The summed E-state index contributed by atoms with van der Waals surface area (Å²) in [5, 5.41) is 10.00. The lowest BCUT2D eigenvalue weighted by molar-refractivity contribution is 0.289. The maximum atomic E-state index is 11.4.